The molecule has 0 amide bonds. The fourth-order valence-electron chi connectivity index (χ4n) is 3.84. The zero-order valence-electron chi connectivity index (χ0n) is 16.5. The first kappa shape index (κ1) is 22.6. The van der Waals surface area contributed by atoms with Crippen molar-refractivity contribution < 1.29 is 32.9 Å². The van der Waals surface area contributed by atoms with Gasteiger partial charge in [-0.1, -0.05) is 12.1 Å². The summed E-state index contributed by atoms with van der Waals surface area (Å²) < 4.78 is 45.0. The molecular formula is C18H23F3N6O4. The van der Waals surface area contributed by atoms with Gasteiger partial charge in [0.05, 0.1) is 36.9 Å². The third kappa shape index (κ3) is 3.97. The van der Waals surface area contributed by atoms with Gasteiger partial charge in [-0.25, -0.2) is 9.79 Å². The predicted octanol–water partition coefficient (Wildman–Crippen LogP) is -0.783. The Hall–Kier alpha value is -3.06. The van der Waals surface area contributed by atoms with Crippen molar-refractivity contribution in [1.82, 2.24) is 10.2 Å². The third-order valence-corrected chi connectivity index (χ3v) is 5.37. The molecule has 0 spiro atoms. The summed E-state index contributed by atoms with van der Waals surface area (Å²) in [5.74, 6) is -1.27. The number of esters is 1. The summed E-state index contributed by atoms with van der Waals surface area (Å²) in [5, 5.41) is 22.8. The molecule has 1 aromatic carbocycles. The summed E-state index contributed by atoms with van der Waals surface area (Å²) in [4.78, 5) is 22.2. The van der Waals surface area contributed by atoms with Crippen LogP contribution in [0.2, 0.25) is 0 Å². The van der Waals surface area contributed by atoms with Gasteiger partial charge >= 0.3 is 12.1 Å². The van der Waals surface area contributed by atoms with E-state index in [2.05, 4.69) is 15.3 Å². The molecule has 7 N–H and O–H groups in total. The molecule has 2 heterocycles. The minimum Gasteiger partial charge on any atom is -0.454 e. The highest BCUT2D eigenvalue weighted by molar-refractivity contribution is 5.91. The second-order valence-electron chi connectivity index (χ2n) is 7.22. The van der Waals surface area contributed by atoms with Crippen LogP contribution >= 0.6 is 0 Å². The standard InChI is InChI=1S/C18H23F3N6O4/c1-9(27-16(23)24-6-13-17(27,8-29)26-15(22)25-13)12(7-28)31-14(30)10-4-2-3-5-11(10)18(19,20)21/h2-5,9,12-13,28-29H,6-8H2,1H3,(H2,23,24)(H3,22,25,26)/t9-,12+,13?,17?/m0/s1. The van der Waals surface area contributed by atoms with Crippen LogP contribution in [0.1, 0.15) is 22.8 Å². The SMILES string of the molecule is C[C@@H]([C@@H](CO)OC(=O)c1ccccc1C(F)(F)F)N1C(N)=NCC2N=C(N)NC21CO. The molecule has 0 fully saturated rings. The number of carbonyl (C=O) groups excluding carboxylic acids is 1. The number of aliphatic imine (C=N–C) groups is 2. The van der Waals surface area contributed by atoms with Gasteiger partial charge in [-0.3, -0.25) is 4.99 Å². The van der Waals surface area contributed by atoms with E-state index < -0.39 is 60.3 Å². The van der Waals surface area contributed by atoms with Crippen LogP contribution in [0.4, 0.5) is 13.2 Å². The highest BCUT2D eigenvalue weighted by Crippen LogP contribution is 2.33. The molecule has 2 aliphatic heterocycles. The topological polar surface area (TPSA) is 159 Å². The number of nitrogens with zero attached hydrogens (tertiary/aromatic N) is 3. The first-order valence-corrected chi connectivity index (χ1v) is 9.34. The number of fused-ring (bicyclic) bond motifs is 1. The highest BCUT2D eigenvalue weighted by atomic mass is 19.4. The molecule has 0 aliphatic carbocycles. The Kier molecular flexibility index (Phi) is 6.00. The van der Waals surface area contributed by atoms with Crippen LogP contribution in [0.5, 0.6) is 0 Å². The van der Waals surface area contributed by atoms with Crippen LogP contribution in [0.3, 0.4) is 0 Å². The van der Waals surface area contributed by atoms with Crippen LogP contribution in [0.25, 0.3) is 0 Å². The van der Waals surface area contributed by atoms with Crippen LogP contribution in [0.15, 0.2) is 34.3 Å². The van der Waals surface area contributed by atoms with E-state index in [1.807, 2.05) is 0 Å². The Morgan fingerprint density at radius 2 is 2.06 bits per heavy atom. The van der Waals surface area contributed by atoms with Crippen molar-refractivity contribution in [1.29, 1.82) is 0 Å². The second-order valence-corrected chi connectivity index (χ2v) is 7.22. The van der Waals surface area contributed by atoms with Gasteiger partial charge in [0.15, 0.2) is 17.6 Å². The first-order valence-electron chi connectivity index (χ1n) is 9.34. The number of alkyl halides is 3. The molecule has 0 bridgehead atoms. The molecule has 13 heteroatoms. The predicted molar refractivity (Wildman–Crippen MR) is 104 cm³/mol. The lowest BCUT2D eigenvalue weighted by Crippen LogP contribution is -2.74. The van der Waals surface area contributed by atoms with E-state index in [1.165, 1.54) is 17.9 Å². The number of rotatable bonds is 6. The molecule has 0 saturated heterocycles. The van der Waals surface area contributed by atoms with Crippen molar-refractivity contribution in [3.05, 3.63) is 35.4 Å². The summed E-state index contributed by atoms with van der Waals surface area (Å²) >= 11 is 0. The van der Waals surface area contributed by atoms with E-state index in [1.54, 1.807) is 0 Å². The average Bonchev–Trinajstić information content (AvgIpc) is 3.06. The third-order valence-electron chi connectivity index (χ3n) is 5.37. The number of guanidine groups is 2. The number of nitrogens with two attached hydrogens (primary N) is 2. The van der Waals surface area contributed by atoms with Crippen LogP contribution in [-0.2, 0) is 10.9 Å². The molecule has 2 aliphatic rings. The summed E-state index contributed by atoms with van der Waals surface area (Å²) in [6, 6.07) is 2.63. The normalized spacial score (nSPS) is 25.1. The summed E-state index contributed by atoms with van der Waals surface area (Å²) in [6.07, 6.45) is -6.08. The molecular weight excluding hydrogens is 421 g/mol. The Morgan fingerprint density at radius 1 is 1.39 bits per heavy atom. The largest absolute Gasteiger partial charge is 0.454 e. The van der Waals surface area contributed by atoms with E-state index in [-0.39, 0.29) is 18.5 Å². The van der Waals surface area contributed by atoms with Gasteiger partial charge in [-0.15, -0.1) is 0 Å². The number of hydrogen-bond acceptors (Lipinski definition) is 10. The zero-order valence-corrected chi connectivity index (χ0v) is 16.5. The molecule has 2 unspecified atom stereocenters. The van der Waals surface area contributed by atoms with E-state index in [9.17, 15) is 28.2 Å². The van der Waals surface area contributed by atoms with E-state index >= 15 is 0 Å². The lowest BCUT2D eigenvalue weighted by atomic mass is 9.95. The highest BCUT2D eigenvalue weighted by Gasteiger charge is 2.54. The average molecular weight is 444 g/mol. The second kappa shape index (κ2) is 8.23. The van der Waals surface area contributed by atoms with Gasteiger partial charge in [-0.05, 0) is 19.1 Å². The lowest BCUT2D eigenvalue weighted by molar-refractivity contribution is -0.138. The molecule has 10 nitrogen and oxygen atoms in total. The molecule has 31 heavy (non-hydrogen) atoms. The van der Waals surface area contributed by atoms with Crippen molar-refractivity contribution in [2.24, 2.45) is 21.5 Å². The molecule has 4 atom stereocenters. The van der Waals surface area contributed by atoms with Gasteiger partial charge < -0.3 is 36.6 Å². The number of hydrogen-bond donors (Lipinski definition) is 5. The smallest absolute Gasteiger partial charge is 0.417 e. The minimum absolute atomic E-state index is 0.0396. The Labute approximate surface area is 175 Å². The molecule has 3 rings (SSSR count). The number of aliphatic hydroxyl groups is 2. The fraction of sp³-hybridized carbons (Fsp3) is 0.500. The number of nitrogens with one attached hydrogen (secondary N) is 1. The summed E-state index contributed by atoms with van der Waals surface area (Å²) in [6.45, 7) is 0.410. The minimum atomic E-state index is -4.77. The van der Waals surface area contributed by atoms with Crippen molar-refractivity contribution in [2.75, 3.05) is 19.8 Å². The Balaban J connectivity index is 1.88. The summed E-state index contributed by atoms with van der Waals surface area (Å²) in [5.41, 5.74) is 8.62. The van der Waals surface area contributed by atoms with Crippen molar-refractivity contribution in [2.45, 2.75) is 37.0 Å². The maximum absolute atomic E-state index is 13.3. The van der Waals surface area contributed by atoms with E-state index in [4.69, 9.17) is 16.2 Å². The molecule has 0 saturated carbocycles. The Bertz CT molecular complexity index is 909. The lowest BCUT2D eigenvalue weighted by Gasteiger charge is -2.49. The van der Waals surface area contributed by atoms with E-state index in [0.29, 0.717) is 0 Å². The number of carbonyl (C=O) groups is 1. The van der Waals surface area contributed by atoms with Gasteiger partial charge in [0.25, 0.3) is 0 Å². The fourth-order valence-corrected chi connectivity index (χ4v) is 3.84. The zero-order chi connectivity index (χ0) is 23.0. The van der Waals surface area contributed by atoms with Gasteiger partial charge in [-0.2, -0.15) is 13.2 Å². The van der Waals surface area contributed by atoms with Gasteiger partial charge in [0.1, 0.15) is 12.1 Å². The molecule has 170 valence electrons. The first-order chi connectivity index (χ1) is 14.5. The van der Waals surface area contributed by atoms with Crippen LogP contribution in [-0.4, -0.2) is 76.6 Å². The molecule has 0 radical (unpaired) electrons. The maximum Gasteiger partial charge on any atom is 0.417 e. The van der Waals surface area contributed by atoms with Gasteiger partial charge in [0, 0.05) is 0 Å². The van der Waals surface area contributed by atoms with Crippen molar-refractivity contribution in [3.8, 4) is 0 Å². The summed E-state index contributed by atoms with van der Waals surface area (Å²) in [7, 11) is 0. The van der Waals surface area contributed by atoms with Gasteiger partial charge in [0.2, 0.25) is 0 Å². The number of ether oxygens (including phenoxy) is 1. The molecule has 0 aromatic heterocycles. The number of aliphatic hydroxyl groups excluding tert-OH is 2. The van der Waals surface area contributed by atoms with Crippen molar-refractivity contribution >= 4 is 17.9 Å². The Morgan fingerprint density at radius 3 is 2.68 bits per heavy atom. The van der Waals surface area contributed by atoms with Crippen LogP contribution < -0.4 is 16.8 Å². The number of halogens is 3. The van der Waals surface area contributed by atoms with Crippen molar-refractivity contribution in [3.63, 3.8) is 0 Å². The molecule has 1 aromatic rings. The maximum atomic E-state index is 13.3. The number of benzene rings is 1. The monoisotopic (exact) mass is 444 g/mol. The quantitative estimate of drug-likeness (QED) is 0.357. The van der Waals surface area contributed by atoms with Crippen LogP contribution in [0, 0.1) is 0 Å². The van der Waals surface area contributed by atoms with E-state index in [0.717, 1.165) is 18.2 Å².